The molecule has 1 fully saturated rings. The number of likely N-dealkylation sites (N-methyl/N-ethyl adjacent to an activating group) is 1. The van der Waals surface area contributed by atoms with Gasteiger partial charge in [0, 0.05) is 35.5 Å². The van der Waals surface area contributed by atoms with Crippen molar-refractivity contribution in [2.45, 2.75) is 65.2 Å². The summed E-state index contributed by atoms with van der Waals surface area (Å²) in [5, 5.41) is 3.57. The summed E-state index contributed by atoms with van der Waals surface area (Å²) < 4.78 is 11.6. The third kappa shape index (κ3) is 3.74. The average Bonchev–Trinajstić information content (AvgIpc) is 2.88. The predicted octanol–water partition coefficient (Wildman–Crippen LogP) is 2.80. The van der Waals surface area contributed by atoms with Crippen LogP contribution in [0, 0.1) is 13.8 Å². The minimum absolute atomic E-state index is 0.286. The van der Waals surface area contributed by atoms with Crippen LogP contribution in [0.4, 0.5) is 0 Å². The molecule has 118 valence electrons. The Morgan fingerprint density at radius 3 is 2.76 bits per heavy atom. The summed E-state index contributed by atoms with van der Waals surface area (Å²) in [6, 6.07) is 0.318. The third-order valence-corrected chi connectivity index (χ3v) is 4.34. The molecule has 0 saturated carbocycles. The molecule has 0 bridgehead atoms. The summed E-state index contributed by atoms with van der Waals surface area (Å²) in [5.41, 5.74) is 3.34. The fourth-order valence-electron chi connectivity index (χ4n) is 3.21. The molecule has 0 spiro atoms. The van der Waals surface area contributed by atoms with Crippen molar-refractivity contribution in [3.63, 3.8) is 0 Å². The lowest BCUT2D eigenvalue weighted by Crippen LogP contribution is -2.42. The maximum Gasteiger partial charge on any atom is 0.128 e. The topological polar surface area (TPSA) is 43.4 Å². The highest BCUT2D eigenvalue weighted by Crippen LogP contribution is 2.27. The fraction of sp³-hybridized carbons (Fsp3) is 0.706. The first-order valence-corrected chi connectivity index (χ1v) is 7.94. The third-order valence-electron chi connectivity index (χ3n) is 4.34. The monoisotopic (exact) mass is 292 g/mol. The van der Waals surface area contributed by atoms with Crippen LogP contribution in [0.1, 0.15) is 43.5 Å². The smallest absolute Gasteiger partial charge is 0.128 e. The van der Waals surface area contributed by atoms with Crippen molar-refractivity contribution in [3.05, 3.63) is 23.0 Å². The van der Waals surface area contributed by atoms with Crippen LogP contribution in [0.5, 0.6) is 5.75 Å². The van der Waals surface area contributed by atoms with Crippen LogP contribution in [0.15, 0.2) is 6.20 Å². The first kappa shape index (κ1) is 16.2. The van der Waals surface area contributed by atoms with Gasteiger partial charge in [-0.05, 0) is 40.2 Å². The number of hydrogen-bond acceptors (Lipinski definition) is 4. The maximum absolute atomic E-state index is 6.05. The van der Waals surface area contributed by atoms with E-state index in [-0.39, 0.29) is 6.10 Å². The molecular weight excluding hydrogens is 264 g/mol. The number of aromatic nitrogens is 1. The molecule has 1 aliphatic rings. The molecule has 0 aliphatic carbocycles. The van der Waals surface area contributed by atoms with Crippen LogP contribution < -0.4 is 10.1 Å². The molecule has 0 aromatic carbocycles. The molecule has 21 heavy (non-hydrogen) atoms. The fourth-order valence-corrected chi connectivity index (χ4v) is 3.21. The summed E-state index contributed by atoms with van der Waals surface area (Å²) in [4.78, 5) is 4.62. The molecule has 1 saturated heterocycles. The van der Waals surface area contributed by atoms with E-state index in [0.717, 1.165) is 48.4 Å². The largest absolute Gasteiger partial charge is 0.496 e. The lowest BCUT2D eigenvalue weighted by Gasteiger charge is -2.25. The molecule has 1 aliphatic heterocycles. The standard InChI is InChI=1S/C17H28N2O2/c1-6-18-15(16-8-7-12(3)21-16)9-14-13(4)17(20-5)11(2)10-19-14/h10,12,15-16,18H,6-9H2,1-5H3. The Hall–Kier alpha value is -1.13. The molecule has 1 aromatic rings. The van der Waals surface area contributed by atoms with Gasteiger partial charge in [0.05, 0.1) is 19.3 Å². The first-order valence-electron chi connectivity index (χ1n) is 7.94. The van der Waals surface area contributed by atoms with Crippen molar-refractivity contribution in [1.82, 2.24) is 10.3 Å². The van der Waals surface area contributed by atoms with E-state index in [1.54, 1.807) is 7.11 Å². The van der Waals surface area contributed by atoms with Gasteiger partial charge in [0.2, 0.25) is 0 Å². The van der Waals surface area contributed by atoms with Gasteiger partial charge in [-0.2, -0.15) is 0 Å². The molecule has 3 unspecified atom stereocenters. The number of aryl methyl sites for hydroxylation is 1. The van der Waals surface area contributed by atoms with Gasteiger partial charge in [-0.3, -0.25) is 4.98 Å². The van der Waals surface area contributed by atoms with Gasteiger partial charge < -0.3 is 14.8 Å². The van der Waals surface area contributed by atoms with Crippen molar-refractivity contribution in [3.8, 4) is 5.75 Å². The van der Waals surface area contributed by atoms with Gasteiger partial charge >= 0.3 is 0 Å². The molecule has 1 N–H and O–H groups in total. The van der Waals surface area contributed by atoms with E-state index in [1.165, 1.54) is 0 Å². The Kier molecular flexibility index (Phi) is 5.59. The van der Waals surface area contributed by atoms with Crippen LogP contribution in [0.25, 0.3) is 0 Å². The Balaban J connectivity index is 2.17. The van der Waals surface area contributed by atoms with Gasteiger partial charge in [-0.25, -0.2) is 0 Å². The summed E-state index contributed by atoms with van der Waals surface area (Å²) in [7, 11) is 1.72. The number of hydrogen-bond donors (Lipinski definition) is 1. The lowest BCUT2D eigenvalue weighted by molar-refractivity contribution is 0.0321. The highest BCUT2D eigenvalue weighted by molar-refractivity contribution is 5.41. The van der Waals surface area contributed by atoms with Crippen LogP contribution in [0.3, 0.4) is 0 Å². The molecule has 4 nitrogen and oxygen atoms in total. The summed E-state index contributed by atoms with van der Waals surface area (Å²) in [6.07, 6.45) is 5.72. The molecular formula is C17H28N2O2. The zero-order valence-corrected chi connectivity index (χ0v) is 13.9. The quantitative estimate of drug-likeness (QED) is 0.875. The van der Waals surface area contributed by atoms with Gasteiger partial charge in [-0.15, -0.1) is 0 Å². The molecule has 0 amide bonds. The number of nitrogens with zero attached hydrogens (tertiary/aromatic N) is 1. The van der Waals surface area contributed by atoms with E-state index in [1.807, 2.05) is 13.1 Å². The zero-order chi connectivity index (χ0) is 15.4. The Bertz CT molecular complexity index is 476. The highest BCUT2D eigenvalue weighted by Gasteiger charge is 2.30. The molecule has 4 heteroatoms. The van der Waals surface area contributed by atoms with Crippen LogP contribution >= 0.6 is 0 Å². The Labute approximate surface area is 128 Å². The zero-order valence-electron chi connectivity index (χ0n) is 13.9. The number of pyridine rings is 1. The van der Waals surface area contributed by atoms with Gasteiger partial charge in [0.1, 0.15) is 5.75 Å². The highest BCUT2D eigenvalue weighted by atomic mass is 16.5. The summed E-state index contributed by atoms with van der Waals surface area (Å²) in [6.45, 7) is 9.37. The Morgan fingerprint density at radius 2 is 2.19 bits per heavy atom. The number of methoxy groups -OCH3 is 1. The van der Waals surface area contributed by atoms with Crippen molar-refractivity contribution in [2.75, 3.05) is 13.7 Å². The van der Waals surface area contributed by atoms with Gasteiger partial charge in [0.25, 0.3) is 0 Å². The van der Waals surface area contributed by atoms with E-state index >= 15 is 0 Å². The predicted molar refractivity (Wildman–Crippen MR) is 85.0 cm³/mol. The Morgan fingerprint density at radius 1 is 1.43 bits per heavy atom. The summed E-state index contributed by atoms with van der Waals surface area (Å²) in [5.74, 6) is 0.955. The van der Waals surface area contributed by atoms with Gasteiger partial charge in [0.15, 0.2) is 0 Å². The van der Waals surface area contributed by atoms with E-state index in [2.05, 4.69) is 31.1 Å². The van der Waals surface area contributed by atoms with Gasteiger partial charge in [-0.1, -0.05) is 6.92 Å². The second kappa shape index (κ2) is 7.23. The molecule has 3 atom stereocenters. The molecule has 2 heterocycles. The SMILES string of the molecule is CCNC(Cc1ncc(C)c(OC)c1C)C1CCC(C)O1. The van der Waals surface area contributed by atoms with Crippen molar-refractivity contribution in [2.24, 2.45) is 0 Å². The van der Waals surface area contributed by atoms with E-state index in [0.29, 0.717) is 12.1 Å². The number of ether oxygens (including phenoxy) is 2. The van der Waals surface area contributed by atoms with Crippen LogP contribution in [-0.4, -0.2) is 36.9 Å². The van der Waals surface area contributed by atoms with E-state index < -0.39 is 0 Å². The van der Waals surface area contributed by atoms with E-state index in [9.17, 15) is 0 Å². The second-order valence-corrected chi connectivity index (χ2v) is 5.98. The van der Waals surface area contributed by atoms with Crippen molar-refractivity contribution >= 4 is 0 Å². The maximum atomic E-state index is 6.05. The van der Waals surface area contributed by atoms with Crippen LogP contribution in [-0.2, 0) is 11.2 Å². The molecule has 0 radical (unpaired) electrons. The van der Waals surface area contributed by atoms with Crippen molar-refractivity contribution < 1.29 is 9.47 Å². The molecule has 1 aromatic heterocycles. The number of nitrogens with one attached hydrogen (secondary N) is 1. The normalized spacial score (nSPS) is 23.3. The van der Waals surface area contributed by atoms with E-state index in [4.69, 9.17) is 9.47 Å². The minimum Gasteiger partial charge on any atom is -0.496 e. The number of rotatable bonds is 6. The summed E-state index contributed by atoms with van der Waals surface area (Å²) >= 11 is 0. The van der Waals surface area contributed by atoms with Crippen LogP contribution in [0.2, 0.25) is 0 Å². The minimum atomic E-state index is 0.286. The van der Waals surface area contributed by atoms with Crippen molar-refractivity contribution in [1.29, 1.82) is 0 Å². The average molecular weight is 292 g/mol. The second-order valence-electron chi connectivity index (χ2n) is 5.98. The first-order chi connectivity index (χ1) is 10.1. The lowest BCUT2D eigenvalue weighted by atomic mass is 9.99. The molecule has 2 rings (SSSR count).